The number of methoxy groups -OCH3 is 2. The Hall–Kier alpha value is -10.4. The van der Waals surface area contributed by atoms with Crippen LogP contribution in [-0.2, 0) is 106 Å². The first-order valence-electron chi connectivity index (χ1n) is 52.2. The van der Waals surface area contributed by atoms with Gasteiger partial charge < -0.3 is 28.4 Å². The number of hydrogen-bond acceptors (Lipinski definition) is 10. The molecule has 0 aliphatic carbocycles. The van der Waals surface area contributed by atoms with E-state index in [-0.39, 0.29) is 97.5 Å². The summed E-state index contributed by atoms with van der Waals surface area (Å²) in [6, 6.07) is 58.2. The molecule has 2 heterocycles. The number of anilines is 6. The molecule has 0 amide bonds. The van der Waals surface area contributed by atoms with E-state index in [9.17, 15) is 8.42 Å². The van der Waals surface area contributed by atoms with Crippen molar-refractivity contribution in [2.45, 2.75) is 419 Å². The fourth-order valence-corrected chi connectivity index (χ4v) is 18.5. The minimum atomic E-state index is -3.67. The highest BCUT2D eigenvalue weighted by Gasteiger charge is 2.39. The van der Waals surface area contributed by atoms with Crippen molar-refractivity contribution in [3.05, 3.63) is 278 Å². The van der Waals surface area contributed by atoms with Crippen LogP contribution in [0.5, 0.6) is 0 Å². The smallest absolute Gasteiger partial charge is 0.340 e. The van der Waals surface area contributed by atoms with Crippen molar-refractivity contribution in [3.63, 3.8) is 0 Å². The van der Waals surface area contributed by atoms with Crippen LogP contribution in [-0.4, -0.2) is 54.5 Å². The van der Waals surface area contributed by atoms with Gasteiger partial charge in [-0.25, -0.2) is 9.59 Å². The summed E-state index contributed by atoms with van der Waals surface area (Å²) >= 11 is 0. The molecule has 10 aromatic carbocycles. The number of aromatic nitrogens is 2. The molecule has 145 heavy (non-hydrogen) atoms. The van der Waals surface area contributed by atoms with Crippen LogP contribution in [0.15, 0.2) is 167 Å². The van der Waals surface area contributed by atoms with Gasteiger partial charge in [0.2, 0.25) is 0 Å². The number of esters is 2. The van der Waals surface area contributed by atoms with E-state index in [1.807, 2.05) is 12.1 Å². The summed E-state index contributed by atoms with van der Waals surface area (Å²) in [4.78, 5) is 66.6. The number of nitrogens with zero attached hydrogens (tertiary/aromatic N) is 4. The van der Waals surface area contributed by atoms with Gasteiger partial charge in [0, 0.05) is 44.9 Å². The van der Waals surface area contributed by atoms with Gasteiger partial charge in [0.15, 0.2) is 10.9 Å². The second kappa shape index (κ2) is 38.9. The summed E-state index contributed by atoms with van der Waals surface area (Å²) in [6.45, 7) is 108. The van der Waals surface area contributed by atoms with Crippen LogP contribution in [0, 0.1) is 0 Å². The Balaban J connectivity index is 0.000000284. The van der Waals surface area contributed by atoms with E-state index < -0.39 is 22.1 Å². The molecule has 0 aliphatic rings. The average molecular weight is 1990 g/mol. The molecule has 13 nitrogen and oxygen atoms in total. The zero-order valence-corrected chi connectivity index (χ0v) is 99.7. The van der Waals surface area contributed by atoms with Crippen LogP contribution in [0.3, 0.4) is 0 Å². The summed E-state index contributed by atoms with van der Waals surface area (Å²) in [5, 5.41) is 2.63. The lowest BCUT2D eigenvalue weighted by Crippen LogP contribution is -2.24. The van der Waals surface area contributed by atoms with Gasteiger partial charge in [-0.3, -0.25) is 14.1 Å². The number of fused-ring (bicyclic) bond motifs is 4. The molecule has 0 aliphatic heterocycles. The van der Waals surface area contributed by atoms with Crippen LogP contribution in [0.4, 0.5) is 34.1 Å². The Morgan fingerprint density at radius 2 is 0.407 bits per heavy atom. The second-order valence-electron chi connectivity index (χ2n) is 57.9. The quantitative estimate of drug-likeness (QED) is 0.0789. The highest BCUT2D eigenvalue weighted by atomic mass is 32.2. The molecule has 0 unspecified atom stereocenters. The number of rotatable bonds is 10. The van der Waals surface area contributed by atoms with E-state index in [2.05, 4.69) is 497 Å². The van der Waals surface area contributed by atoms with E-state index in [1.165, 1.54) is 36.5 Å². The van der Waals surface area contributed by atoms with E-state index >= 15 is 19.2 Å². The maximum Gasteiger partial charge on any atom is 0.340 e. The Kier molecular flexibility index (Phi) is 31.3. The highest BCUT2D eigenvalue weighted by Crippen LogP contribution is 2.52. The summed E-state index contributed by atoms with van der Waals surface area (Å²) in [5.74, 6) is -1.06. The summed E-state index contributed by atoms with van der Waals surface area (Å²) in [7, 11) is -0.800. The number of pyridine rings is 2. The van der Waals surface area contributed by atoms with Crippen molar-refractivity contribution in [3.8, 4) is 11.4 Å². The highest BCUT2D eigenvalue weighted by molar-refractivity contribution is 7.85. The molecule has 0 atom stereocenters. The minimum Gasteiger partial charge on any atom is -0.465 e. The molecule has 0 radical (unpaired) electrons. The first kappa shape index (κ1) is 116. The normalized spacial score (nSPS) is 13.5. The van der Waals surface area contributed by atoms with Gasteiger partial charge in [-0.15, -0.1) is 0 Å². The van der Waals surface area contributed by atoms with Crippen molar-refractivity contribution in [2.24, 2.45) is 0 Å². The molecule has 0 fully saturated rings. The second-order valence-corrected chi connectivity index (χ2v) is 59.4. The molecule has 1 N–H and O–H groups in total. The lowest BCUT2D eigenvalue weighted by Gasteiger charge is -2.36. The van der Waals surface area contributed by atoms with Crippen molar-refractivity contribution in [2.75, 3.05) is 30.3 Å². The van der Waals surface area contributed by atoms with Crippen molar-refractivity contribution >= 4 is 99.8 Å². The molecule has 12 aromatic rings. The minimum absolute atomic E-state index is 0.0155. The molecule has 2 aromatic heterocycles. The van der Waals surface area contributed by atoms with Crippen LogP contribution >= 0.6 is 0 Å². The molecular weight excluding hydrogens is 1810 g/mol. The first-order chi connectivity index (χ1) is 65.1. The summed E-state index contributed by atoms with van der Waals surface area (Å²) < 4.78 is 42.2. The van der Waals surface area contributed by atoms with Gasteiger partial charge in [-0.2, -0.15) is 8.42 Å². The Morgan fingerprint density at radius 1 is 0.241 bits per heavy atom. The number of carbonyl (C=O) groups excluding carboxylic acids is 2. The summed E-state index contributed by atoms with van der Waals surface area (Å²) in [5.41, 5.74) is 25.1. The van der Waals surface area contributed by atoms with Crippen molar-refractivity contribution in [1.82, 2.24) is 9.13 Å². The van der Waals surface area contributed by atoms with Crippen molar-refractivity contribution in [1.29, 1.82) is 0 Å². The number of hydrogen-bond donors (Lipinski definition) is 1. The lowest BCUT2D eigenvalue weighted by molar-refractivity contribution is 0.0588. The maximum absolute atomic E-state index is 16.0. The summed E-state index contributed by atoms with van der Waals surface area (Å²) in [6.07, 6.45) is 0.715. The largest absolute Gasteiger partial charge is 0.465 e. The van der Waals surface area contributed by atoms with Gasteiger partial charge in [0.05, 0.1) is 75.8 Å². The molecular formula is C131H180N4O9S. The van der Waals surface area contributed by atoms with Gasteiger partial charge in [-0.1, -0.05) is 381 Å². The molecule has 14 heteroatoms. The Morgan fingerprint density at radius 3 is 0.566 bits per heavy atom. The van der Waals surface area contributed by atoms with Gasteiger partial charge in [0.25, 0.3) is 10.1 Å². The third kappa shape index (κ3) is 26.1. The zero-order chi connectivity index (χ0) is 111. The van der Waals surface area contributed by atoms with E-state index in [1.54, 1.807) is 0 Å². The monoisotopic (exact) mass is 1990 g/mol. The molecule has 0 spiro atoms. The molecule has 12 rings (SSSR count). The predicted molar refractivity (Wildman–Crippen MR) is 623 cm³/mol. The molecule has 784 valence electrons. The Labute approximate surface area is 874 Å². The molecule has 0 saturated carbocycles. The topological polar surface area (TPSA) is 157 Å². The van der Waals surface area contributed by atoms with Crippen molar-refractivity contribution < 1.29 is 32.0 Å². The molecule has 0 saturated heterocycles. The Bertz CT molecular complexity index is 6500. The van der Waals surface area contributed by atoms with Gasteiger partial charge in [-0.05, 0) is 285 Å². The maximum atomic E-state index is 16.0. The fourth-order valence-electron chi connectivity index (χ4n) is 18.5. The zero-order valence-electron chi connectivity index (χ0n) is 98.9. The van der Waals surface area contributed by atoms with E-state index in [0.717, 1.165) is 134 Å². The number of ether oxygens (including phenoxy) is 2. The number of carbonyl (C=O) groups is 2. The fraction of sp³-hybridized carbons (Fsp3) is 0.511. The lowest BCUT2D eigenvalue weighted by atomic mass is 9.78. The number of benzene rings is 10. The predicted octanol–water partition coefficient (Wildman–Crippen LogP) is 35.1. The first-order valence-corrected chi connectivity index (χ1v) is 54.0. The van der Waals surface area contributed by atoms with Gasteiger partial charge in [0.1, 0.15) is 0 Å². The van der Waals surface area contributed by atoms with Gasteiger partial charge >= 0.3 is 11.9 Å². The van der Waals surface area contributed by atoms with Crippen LogP contribution in [0.2, 0.25) is 0 Å². The SMILES string of the molecule is CC(C)(C)c1cc(-n2c3cc4c(=O)c5c(C(C)(C)C)cc(C(C)(C)C)cc5n(-c5cc(C(C)(C)C)cc(C(C)(C)C)c5)c4cc3c(=O)c3c(C(C)(C)C)cc(C(C)(C)C)cc32)cc(C(C)(C)C)c1.COC(=O)c1cc(N(c2cc(C(C)(C)C)cc(C(C)(C)C)c2)c2cc(C(C)(C)C)cc(C(C)(C)C)c2)c(C(=O)OC)cc1N(c1cc(C(C)(C)C)cc(C(C)(C)C)c1)c1cc(C(C)(C)C)cc(C(C)(C)C)c1.CS(=O)(=O)O. The van der Waals surface area contributed by atoms with Crippen LogP contribution in [0.1, 0.15) is 442 Å². The van der Waals surface area contributed by atoms with E-state index in [0.29, 0.717) is 39.5 Å². The molecule has 0 bridgehead atoms. The van der Waals surface area contributed by atoms with E-state index in [4.69, 9.17) is 14.0 Å². The third-order valence-corrected chi connectivity index (χ3v) is 28.5. The van der Waals surface area contributed by atoms with Crippen LogP contribution in [0.25, 0.3) is 55.0 Å². The standard InChI is InChI=1S/C66H92N2O4.C64H84N2O2.CH4O3S/c1-59(2,3)41-27-42(60(4,5)6)32-49(31-41)67(50-33-43(61(7,8)9)28-44(34-50)62(10,11)12)55-39-54(58(70)72-26)56(40-53(55)57(69)71-25)68(51-35-45(63(13,14)15)29-46(36-51)64(16,17)18)52-37-47(65(19,20)21)30-48(38-52)66(22,23)24;1-57(2,3)37-25-38(58(4,5)6)28-43(27-37)65-49-35-46-50(36-45(49)55(67)53-47(63(19,20)21)31-41(33-51(53)65)61(13,14)15)66(44-29-39(59(7,8)9)26-40(30-44)60(10,11)12)52-34-42(62(16,17)18)32-48(64(22,23)24)54(52)56(46)68;1-5(2,3)4/h27-40H,1-26H3;25-36H,1-24H3;1H3,(H,2,3,4). The average Bonchev–Trinajstić information content (AvgIpc) is 0.693. The van der Waals surface area contributed by atoms with Crippen LogP contribution < -0.4 is 20.7 Å². The third-order valence-electron chi connectivity index (χ3n) is 28.5.